The number of hydrogen-bond acceptors (Lipinski definition) is 3. The van der Waals surface area contributed by atoms with Gasteiger partial charge in [0.05, 0.1) is 5.92 Å². The summed E-state index contributed by atoms with van der Waals surface area (Å²) in [6, 6.07) is 3.64. The van der Waals surface area contributed by atoms with Crippen LogP contribution in [0.5, 0.6) is 0 Å². The second-order valence-electron chi connectivity index (χ2n) is 3.87. The molecule has 1 atom stereocenters. The maximum atomic E-state index is 11.5. The molecule has 0 spiro atoms. The number of carbonyl (C=O) groups is 2. The molecule has 2 heterocycles. The van der Waals surface area contributed by atoms with Crippen molar-refractivity contribution in [2.75, 3.05) is 6.54 Å². The Hall–Kier alpha value is -1.91. The zero-order valence-corrected chi connectivity index (χ0v) is 8.67. The molecule has 1 aromatic heterocycles. The first-order chi connectivity index (χ1) is 7.66. The monoisotopic (exact) mass is 220 g/mol. The fourth-order valence-electron chi connectivity index (χ4n) is 1.80. The second-order valence-corrected chi connectivity index (χ2v) is 3.87. The number of aliphatic carboxylic acids is 1. The van der Waals surface area contributed by atoms with Crippen molar-refractivity contribution in [1.82, 2.24) is 9.88 Å². The minimum atomic E-state index is -0.898. The zero-order chi connectivity index (χ0) is 11.5. The molecule has 1 aliphatic heterocycles. The van der Waals surface area contributed by atoms with Gasteiger partial charge < -0.3 is 10.0 Å². The topological polar surface area (TPSA) is 70.5 Å². The molecule has 1 amide bonds. The lowest BCUT2D eigenvalue weighted by Gasteiger charge is -2.15. The molecule has 0 aromatic carbocycles. The Balaban J connectivity index is 2.02. The highest BCUT2D eigenvalue weighted by atomic mass is 16.4. The highest BCUT2D eigenvalue weighted by Crippen LogP contribution is 2.19. The summed E-state index contributed by atoms with van der Waals surface area (Å²) in [5.74, 6) is -1.55. The number of likely N-dealkylation sites (tertiary alicyclic amines) is 1. The van der Waals surface area contributed by atoms with E-state index in [9.17, 15) is 9.59 Å². The van der Waals surface area contributed by atoms with Crippen LogP contribution >= 0.6 is 0 Å². The van der Waals surface area contributed by atoms with Crippen molar-refractivity contribution in [3.8, 4) is 0 Å². The van der Waals surface area contributed by atoms with E-state index in [2.05, 4.69) is 4.98 Å². The van der Waals surface area contributed by atoms with Gasteiger partial charge >= 0.3 is 5.97 Å². The summed E-state index contributed by atoms with van der Waals surface area (Å²) < 4.78 is 0. The van der Waals surface area contributed by atoms with Gasteiger partial charge in [-0.1, -0.05) is 0 Å². The van der Waals surface area contributed by atoms with Crippen LogP contribution < -0.4 is 0 Å². The lowest BCUT2D eigenvalue weighted by Crippen LogP contribution is -2.25. The molecule has 1 saturated heterocycles. The Bertz CT molecular complexity index is 405. The van der Waals surface area contributed by atoms with Crippen LogP contribution in [0, 0.1) is 5.92 Å². The first kappa shape index (κ1) is 10.6. The molecule has 2 rings (SSSR count). The number of rotatable bonds is 3. The molecule has 0 bridgehead atoms. The van der Waals surface area contributed by atoms with Gasteiger partial charge in [0.2, 0.25) is 5.91 Å². The van der Waals surface area contributed by atoms with E-state index in [1.54, 1.807) is 17.3 Å². The Morgan fingerprint density at radius 1 is 1.50 bits per heavy atom. The predicted octanol–water partition coefficient (Wildman–Crippen LogP) is 0.515. The van der Waals surface area contributed by atoms with Crippen LogP contribution in [0.1, 0.15) is 12.0 Å². The molecule has 1 N–H and O–H groups in total. The summed E-state index contributed by atoms with van der Waals surface area (Å²) in [6.45, 7) is 0.765. The van der Waals surface area contributed by atoms with Crippen LogP contribution in [0.4, 0.5) is 0 Å². The number of pyridine rings is 1. The third-order valence-corrected chi connectivity index (χ3v) is 2.69. The van der Waals surface area contributed by atoms with E-state index in [1.165, 1.54) is 0 Å². The van der Waals surface area contributed by atoms with Crippen LogP contribution in [0.2, 0.25) is 0 Å². The Labute approximate surface area is 92.7 Å². The maximum absolute atomic E-state index is 11.5. The van der Waals surface area contributed by atoms with Crippen LogP contribution in [0.15, 0.2) is 24.5 Å². The number of nitrogens with zero attached hydrogens (tertiary/aromatic N) is 2. The van der Waals surface area contributed by atoms with Crippen LogP contribution in [0.3, 0.4) is 0 Å². The Morgan fingerprint density at radius 2 is 2.19 bits per heavy atom. The average molecular weight is 220 g/mol. The van der Waals surface area contributed by atoms with Gasteiger partial charge in [0.25, 0.3) is 0 Å². The van der Waals surface area contributed by atoms with Crippen molar-refractivity contribution < 1.29 is 14.7 Å². The number of amides is 1. The van der Waals surface area contributed by atoms with Gasteiger partial charge in [0.15, 0.2) is 0 Å². The molecular weight excluding hydrogens is 208 g/mol. The number of carboxylic acid groups (broad SMARTS) is 1. The third-order valence-electron chi connectivity index (χ3n) is 2.69. The first-order valence-corrected chi connectivity index (χ1v) is 5.06. The van der Waals surface area contributed by atoms with Gasteiger partial charge in [0, 0.05) is 31.9 Å². The fraction of sp³-hybridized carbons (Fsp3) is 0.364. The Kier molecular flexibility index (Phi) is 2.85. The van der Waals surface area contributed by atoms with E-state index in [4.69, 9.17) is 5.11 Å². The zero-order valence-electron chi connectivity index (χ0n) is 8.67. The molecule has 84 valence electrons. The molecule has 1 fully saturated rings. The highest BCUT2D eigenvalue weighted by molar-refractivity contribution is 5.86. The maximum Gasteiger partial charge on any atom is 0.308 e. The third kappa shape index (κ3) is 2.18. The van der Waals surface area contributed by atoms with E-state index in [1.807, 2.05) is 12.1 Å². The minimum absolute atomic E-state index is 0.0933. The fourth-order valence-corrected chi connectivity index (χ4v) is 1.80. The van der Waals surface area contributed by atoms with Crippen molar-refractivity contribution in [3.63, 3.8) is 0 Å². The number of aromatic nitrogens is 1. The first-order valence-electron chi connectivity index (χ1n) is 5.06. The largest absolute Gasteiger partial charge is 0.481 e. The predicted molar refractivity (Wildman–Crippen MR) is 55.4 cm³/mol. The smallest absolute Gasteiger partial charge is 0.308 e. The molecule has 5 nitrogen and oxygen atoms in total. The molecular formula is C11H12N2O3. The number of carbonyl (C=O) groups excluding carboxylic acids is 1. The summed E-state index contributed by atoms with van der Waals surface area (Å²) in [5.41, 5.74) is 0.967. The standard InChI is InChI=1S/C11H12N2O3/c14-10-5-9(11(15)16)7-13(10)6-8-1-3-12-4-2-8/h1-4,9H,5-7H2,(H,15,16). The van der Waals surface area contributed by atoms with Gasteiger partial charge in [-0.15, -0.1) is 0 Å². The quantitative estimate of drug-likeness (QED) is 0.805. The van der Waals surface area contributed by atoms with E-state index in [0.717, 1.165) is 5.56 Å². The molecule has 1 aromatic rings. The van der Waals surface area contributed by atoms with Crippen molar-refractivity contribution in [1.29, 1.82) is 0 Å². The van der Waals surface area contributed by atoms with Gasteiger partial charge in [0.1, 0.15) is 0 Å². The average Bonchev–Trinajstić information content (AvgIpc) is 2.62. The lowest BCUT2D eigenvalue weighted by molar-refractivity contribution is -0.141. The van der Waals surface area contributed by atoms with Crippen molar-refractivity contribution >= 4 is 11.9 Å². The highest BCUT2D eigenvalue weighted by Gasteiger charge is 2.33. The molecule has 0 radical (unpaired) electrons. The SMILES string of the molecule is O=C(O)C1CC(=O)N(Cc2ccncc2)C1. The summed E-state index contributed by atoms with van der Waals surface area (Å²) >= 11 is 0. The van der Waals surface area contributed by atoms with E-state index in [-0.39, 0.29) is 12.3 Å². The van der Waals surface area contributed by atoms with E-state index in [0.29, 0.717) is 13.1 Å². The van der Waals surface area contributed by atoms with Gasteiger partial charge in [-0.3, -0.25) is 14.6 Å². The summed E-state index contributed by atoms with van der Waals surface area (Å²) in [5, 5.41) is 8.83. The summed E-state index contributed by atoms with van der Waals surface area (Å²) in [7, 11) is 0. The normalized spacial score (nSPS) is 20.1. The van der Waals surface area contributed by atoms with Crippen LogP contribution in [0.25, 0.3) is 0 Å². The van der Waals surface area contributed by atoms with Crippen LogP contribution in [-0.2, 0) is 16.1 Å². The Morgan fingerprint density at radius 3 is 2.75 bits per heavy atom. The molecule has 1 aliphatic rings. The van der Waals surface area contributed by atoms with Gasteiger partial charge in [-0.05, 0) is 17.7 Å². The van der Waals surface area contributed by atoms with Gasteiger partial charge in [-0.2, -0.15) is 0 Å². The number of carboxylic acids is 1. The second kappa shape index (κ2) is 4.30. The molecule has 0 saturated carbocycles. The number of hydrogen-bond donors (Lipinski definition) is 1. The van der Waals surface area contributed by atoms with E-state index < -0.39 is 11.9 Å². The molecule has 1 unspecified atom stereocenters. The molecule has 5 heteroatoms. The summed E-state index contributed by atoms with van der Waals surface area (Å²) in [4.78, 5) is 27.8. The summed E-state index contributed by atoms with van der Waals surface area (Å²) in [6.07, 6.45) is 3.43. The van der Waals surface area contributed by atoms with Crippen molar-refractivity contribution in [2.45, 2.75) is 13.0 Å². The lowest BCUT2D eigenvalue weighted by atomic mass is 10.1. The van der Waals surface area contributed by atoms with Crippen LogP contribution in [-0.4, -0.2) is 33.4 Å². The molecule has 0 aliphatic carbocycles. The van der Waals surface area contributed by atoms with Crippen molar-refractivity contribution in [3.05, 3.63) is 30.1 Å². The van der Waals surface area contributed by atoms with Gasteiger partial charge in [-0.25, -0.2) is 0 Å². The van der Waals surface area contributed by atoms with E-state index >= 15 is 0 Å². The molecule has 16 heavy (non-hydrogen) atoms. The minimum Gasteiger partial charge on any atom is -0.481 e. The van der Waals surface area contributed by atoms with Crippen molar-refractivity contribution in [2.24, 2.45) is 5.92 Å².